The molecule has 0 aliphatic carbocycles. The van der Waals surface area contributed by atoms with Crippen LogP contribution < -0.4 is 5.73 Å². The van der Waals surface area contributed by atoms with Gasteiger partial charge in [0.15, 0.2) is 5.82 Å². The maximum absolute atomic E-state index is 12.5. The average molecular weight is 323 g/mol. The summed E-state index contributed by atoms with van der Waals surface area (Å²) in [4.78, 5) is 20.9. The van der Waals surface area contributed by atoms with Crippen LogP contribution in [-0.4, -0.2) is 70.8 Å². The summed E-state index contributed by atoms with van der Waals surface area (Å²) in [6.45, 7) is 6.20. The number of amides is 1. The van der Waals surface area contributed by atoms with Crippen molar-refractivity contribution in [3.63, 3.8) is 0 Å². The van der Waals surface area contributed by atoms with E-state index in [2.05, 4.69) is 15.0 Å². The number of aromatic nitrogens is 2. The second-order valence-corrected chi connectivity index (χ2v) is 6.12. The number of carbonyl (C=O) groups is 1. The molecule has 2 N–H and O–H groups in total. The molecule has 0 unspecified atom stereocenters. The van der Waals surface area contributed by atoms with E-state index < -0.39 is 0 Å². The fraction of sp³-hybridized carbons (Fsp3) is 0.800. The zero-order valence-corrected chi connectivity index (χ0v) is 13.6. The Hall–Kier alpha value is -1.51. The van der Waals surface area contributed by atoms with E-state index in [1.165, 1.54) is 0 Å². The predicted octanol–water partition coefficient (Wildman–Crippen LogP) is -0.217. The molecule has 0 radical (unpaired) electrons. The van der Waals surface area contributed by atoms with Crippen LogP contribution in [0, 0.1) is 0 Å². The van der Waals surface area contributed by atoms with Crippen molar-refractivity contribution in [2.24, 2.45) is 5.73 Å². The summed E-state index contributed by atoms with van der Waals surface area (Å²) in [6.07, 6.45) is 2.14. The fourth-order valence-electron chi connectivity index (χ4n) is 3.09. The molecule has 2 aliphatic heterocycles. The average Bonchev–Trinajstić information content (AvgIpc) is 3.24. The maximum Gasteiger partial charge on any atom is 0.251 e. The molecule has 23 heavy (non-hydrogen) atoms. The Morgan fingerprint density at radius 3 is 2.70 bits per heavy atom. The van der Waals surface area contributed by atoms with Crippen molar-refractivity contribution in [1.82, 2.24) is 19.9 Å². The third kappa shape index (κ3) is 3.88. The SMILES string of the molecule is CCc1nc(CN2CCN(C(=O)[C@@H]3CC[C@H](CN)O3)CC2)no1. The minimum Gasteiger partial charge on any atom is -0.364 e. The van der Waals surface area contributed by atoms with Crippen LogP contribution in [-0.2, 0) is 22.5 Å². The molecule has 3 heterocycles. The maximum atomic E-state index is 12.5. The number of aryl methyl sites for hydroxylation is 1. The zero-order chi connectivity index (χ0) is 16.2. The van der Waals surface area contributed by atoms with Gasteiger partial charge in [-0.3, -0.25) is 9.69 Å². The molecule has 1 aromatic heterocycles. The highest BCUT2D eigenvalue weighted by Gasteiger charge is 2.34. The minimum absolute atomic E-state index is 0.0382. The van der Waals surface area contributed by atoms with Gasteiger partial charge in [-0.25, -0.2) is 0 Å². The largest absolute Gasteiger partial charge is 0.364 e. The molecule has 2 fully saturated rings. The second-order valence-electron chi connectivity index (χ2n) is 6.12. The lowest BCUT2D eigenvalue weighted by molar-refractivity contribution is -0.144. The van der Waals surface area contributed by atoms with Gasteiger partial charge >= 0.3 is 0 Å². The standard InChI is InChI=1S/C15H25N5O3/c1-2-14-17-13(18-23-14)10-19-5-7-20(8-6-19)15(21)12-4-3-11(9-16)22-12/h11-12H,2-10,16H2,1H3/t11-,12+/m1/s1. The first kappa shape index (κ1) is 16.4. The molecule has 0 saturated carbocycles. The molecule has 8 nitrogen and oxygen atoms in total. The van der Waals surface area contributed by atoms with Crippen LogP contribution >= 0.6 is 0 Å². The van der Waals surface area contributed by atoms with Gasteiger partial charge in [-0.2, -0.15) is 4.98 Å². The lowest BCUT2D eigenvalue weighted by Gasteiger charge is -2.35. The number of piperazine rings is 1. The van der Waals surface area contributed by atoms with Crippen LogP contribution in [0.4, 0.5) is 0 Å². The lowest BCUT2D eigenvalue weighted by atomic mass is 10.1. The molecule has 0 aromatic carbocycles. The number of nitrogens with zero attached hydrogens (tertiary/aromatic N) is 4. The summed E-state index contributed by atoms with van der Waals surface area (Å²) in [5, 5.41) is 3.98. The van der Waals surface area contributed by atoms with Crippen LogP contribution in [0.5, 0.6) is 0 Å². The smallest absolute Gasteiger partial charge is 0.251 e. The predicted molar refractivity (Wildman–Crippen MR) is 82.5 cm³/mol. The van der Waals surface area contributed by atoms with Crippen molar-refractivity contribution in [3.05, 3.63) is 11.7 Å². The molecule has 0 bridgehead atoms. The van der Waals surface area contributed by atoms with Gasteiger partial charge < -0.3 is 19.9 Å². The number of rotatable bonds is 5. The summed E-state index contributed by atoms with van der Waals surface area (Å²) in [6, 6.07) is 0. The van der Waals surface area contributed by atoms with Crippen molar-refractivity contribution in [2.75, 3.05) is 32.7 Å². The number of hydrogen-bond donors (Lipinski definition) is 1. The third-order valence-corrected chi connectivity index (χ3v) is 4.51. The van der Waals surface area contributed by atoms with E-state index in [4.69, 9.17) is 15.0 Å². The van der Waals surface area contributed by atoms with Crippen LogP contribution in [0.2, 0.25) is 0 Å². The summed E-state index contributed by atoms with van der Waals surface area (Å²) in [5.74, 6) is 1.49. The zero-order valence-electron chi connectivity index (χ0n) is 13.6. The second kappa shape index (κ2) is 7.37. The van der Waals surface area contributed by atoms with Gasteiger partial charge in [0.25, 0.3) is 5.91 Å². The summed E-state index contributed by atoms with van der Waals surface area (Å²) in [7, 11) is 0. The first-order valence-electron chi connectivity index (χ1n) is 8.37. The van der Waals surface area contributed by atoms with E-state index in [-0.39, 0.29) is 18.1 Å². The first-order valence-corrected chi connectivity index (χ1v) is 8.37. The highest BCUT2D eigenvalue weighted by Crippen LogP contribution is 2.21. The number of hydrogen-bond acceptors (Lipinski definition) is 7. The highest BCUT2D eigenvalue weighted by molar-refractivity contribution is 5.81. The van der Waals surface area contributed by atoms with Crippen LogP contribution in [0.15, 0.2) is 4.52 Å². The van der Waals surface area contributed by atoms with Crippen molar-refractivity contribution in [1.29, 1.82) is 0 Å². The Morgan fingerprint density at radius 1 is 1.30 bits per heavy atom. The van der Waals surface area contributed by atoms with Gasteiger partial charge in [0.1, 0.15) is 6.10 Å². The molecular weight excluding hydrogens is 298 g/mol. The molecule has 1 aromatic rings. The quantitative estimate of drug-likeness (QED) is 0.800. The van der Waals surface area contributed by atoms with Gasteiger partial charge in [0.2, 0.25) is 5.89 Å². The van der Waals surface area contributed by atoms with Crippen molar-refractivity contribution >= 4 is 5.91 Å². The van der Waals surface area contributed by atoms with Gasteiger partial charge in [-0.1, -0.05) is 12.1 Å². The molecule has 2 aliphatic rings. The lowest BCUT2D eigenvalue weighted by Crippen LogP contribution is -2.51. The first-order chi connectivity index (χ1) is 11.2. The molecule has 1 amide bonds. The fourth-order valence-corrected chi connectivity index (χ4v) is 3.09. The molecule has 2 saturated heterocycles. The summed E-state index contributed by atoms with van der Waals surface area (Å²) in [5.41, 5.74) is 5.60. The number of carbonyl (C=O) groups excluding carboxylic acids is 1. The van der Waals surface area contributed by atoms with E-state index in [1.54, 1.807) is 0 Å². The highest BCUT2D eigenvalue weighted by atomic mass is 16.5. The molecule has 0 spiro atoms. The van der Waals surface area contributed by atoms with Crippen LogP contribution in [0.25, 0.3) is 0 Å². The normalized spacial score (nSPS) is 25.9. The number of ether oxygens (including phenoxy) is 1. The Labute approximate surface area is 135 Å². The van der Waals surface area contributed by atoms with E-state index >= 15 is 0 Å². The van der Waals surface area contributed by atoms with Gasteiger partial charge in [-0.05, 0) is 12.8 Å². The Balaban J connectivity index is 1.45. The van der Waals surface area contributed by atoms with Crippen molar-refractivity contribution in [3.8, 4) is 0 Å². The minimum atomic E-state index is -0.306. The third-order valence-electron chi connectivity index (χ3n) is 4.51. The molecular formula is C15H25N5O3. The molecule has 8 heteroatoms. The van der Waals surface area contributed by atoms with Gasteiger partial charge in [0, 0.05) is 39.1 Å². The van der Waals surface area contributed by atoms with Crippen LogP contribution in [0.3, 0.4) is 0 Å². The molecule has 2 atom stereocenters. The Kier molecular flexibility index (Phi) is 5.24. The van der Waals surface area contributed by atoms with Crippen molar-refractivity contribution in [2.45, 2.75) is 44.9 Å². The van der Waals surface area contributed by atoms with Gasteiger partial charge in [0.05, 0.1) is 12.6 Å². The van der Waals surface area contributed by atoms with E-state index in [0.717, 1.165) is 32.4 Å². The van der Waals surface area contributed by atoms with Crippen molar-refractivity contribution < 1.29 is 14.1 Å². The summed E-state index contributed by atoms with van der Waals surface area (Å²) >= 11 is 0. The van der Waals surface area contributed by atoms with E-state index in [9.17, 15) is 4.79 Å². The van der Waals surface area contributed by atoms with Gasteiger partial charge in [-0.15, -0.1) is 0 Å². The monoisotopic (exact) mass is 323 g/mol. The van der Waals surface area contributed by atoms with E-state index in [1.807, 2.05) is 11.8 Å². The van der Waals surface area contributed by atoms with Crippen LogP contribution in [0.1, 0.15) is 31.5 Å². The number of nitrogens with two attached hydrogens (primary N) is 1. The summed E-state index contributed by atoms with van der Waals surface area (Å²) < 4.78 is 10.8. The van der Waals surface area contributed by atoms with E-state index in [0.29, 0.717) is 37.9 Å². The Morgan fingerprint density at radius 2 is 2.09 bits per heavy atom. The topological polar surface area (TPSA) is 97.7 Å². The molecule has 128 valence electrons. The Bertz CT molecular complexity index is 527. The molecule has 3 rings (SSSR count).